The molecule has 0 bridgehead atoms. The van der Waals surface area contributed by atoms with Crippen molar-refractivity contribution in [2.75, 3.05) is 0 Å². The van der Waals surface area contributed by atoms with E-state index in [-0.39, 0.29) is 29.7 Å². The summed E-state index contributed by atoms with van der Waals surface area (Å²) >= 11 is 0. The third kappa shape index (κ3) is 5.18. The highest BCUT2D eigenvalue weighted by molar-refractivity contribution is 5.92. The molecule has 8 heteroatoms. The second kappa shape index (κ2) is 8.24. The van der Waals surface area contributed by atoms with Crippen LogP contribution >= 0.6 is 0 Å². The van der Waals surface area contributed by atoms with Crippen molar-refractivity contribution in [2.24, 2.45) is 5.41 Å². The van der Waals surface area contributed by atoms with Gasteiger partial charge in [0, 0.05) is 30.7 Å². The Morgan fingerprint density at radius 1 is 1.36 bits per heavy atom. The van der Waals surface area contributed by atoms with Crippen LogP contribution in [0, 0.1) is 12.3 Å². The van der Waals surface area contributed by atoms with Crippen molar-refractivity contribution in [3.05, 3.63) is 60.3 Å². The summed E-state index contributed by atoms with van der Waals surface area (Å²) in [6, 6.07) is 5.18. The van der Waals surface area contributed by atoms with Crippen LogP contribution in [0.1, 0.15) is 42.7 Å². The van der Waals surface area contributed by atoms with Gasteiger partial charge in [-0.3, -0.25) is 9.78 Å². The number of aromatic nitrogens is 4. The van der Waals surface area contributed by atoms with Gasteiger partial charge in [0.05, 0.1) is 18.6 Å². The zero-order valence-corrected chi connectivity index (χ0v) is 16.5. The van der Waals surface area contributed by atoms with E-state index < -0.39 is 0 Å². The Bertz CT molecular complexity index is 895. The number of hydrogen-bond donors (Lipinski definition) is 1. The van der Waals surface area contributed by atoms with Gasteiger partial charge in [-0.05, 0) is 24.5 Å². The van der Waals surface area contributed by atoms with Gasteiger partial charge in [0.2, 0.25) is 0 Å². The Morgan fingerprint density at radius 3 is 2.82 bits per heavy atom. The van der Waals surface area contributed by atoms with E-state index in [2.05, 4.69) is 41.2 Å². The summed E-state index contributed by atoms with van der Waals surface area (Å²) in [5, 5.41) is 6.92. The van der Waals surface area contributed by atoms with Crippen LogP contribution in [0.15, 0.2) is 47.6 Å². The van der Waals surface area contributed by atoms with Gasteiger partial charge in [-0.1, -0.05) is 25.9 Å². The van der Waals surface area contributed by atoms with Gasteiger partial charge in [0.1, 0.15) is 12.4 Å². The quantitative estimate of drug-likeness (QED) is 0.674. The fourth-order valence-corrected chi connectivity index (χ4v) is 2.56. The topological polar surface area (TPSA) is 95.1 Å². The summed E-state index contributed by atoms with van der Waals surface area (Å²) in [7, 11) is 0. The summed E-state index contributed by atoms with van der Waals surface area (Å²) in [6.45, 7) is 8.92. The van der Waals surface area contributed by atoms with E-state index in [9.17, 15) is 4.79 Å². The molecule has 3 aromatic heterocycles. The molecule has 0 aromatic carbocycles. The van der Waals surface area contributed by atoms with Gasteiger partial charge in [-0.15, -0.1) is 0 Å². The monoisotopic (exact) mass is 383 g/mol. The molecule has 0 radical (unpaired) electrons. The third-order valence-electron chi connectivity index (χ3n) is 4.36. The molecule has 148 valence electrons. The molecule has 8 nitrogen and oxygen atoms in total. The Hall–Kier alpha value is -3.16. The first-order valence-corrected chi connectivity index (χ1v) is 9.09. The van der Waals surface area contributed by atoms with Gasteiger partial charge in [-0.25, -0.2) is 4.98 Å². The summed E-state index contributed by atoms with van der Waals surface area (Å²) in [6.07, 6.45) is 6.96. The minimum atomic E-state index is -0.285. The highest BCUT2D eigenvalue weighted by atomic mass is 16.5. The zero-order chi connectivity index (χ0) is 20.1. The fraction of sp³-hybridized carbons (Fsp3) is 0.400. The Kier molecular flexibility index (Phi) is 5.77. The number of carbonyl (C=O) groups is 1. The molecule has 0 aliphatic rings. The second-order valence-corrected chi connectivity index (χ2v) is 7.75. The van der Waals surface area contributed by atoms with Crippen molar-refractivity contribution in [3.63, 3.8) is 0 Å². The molecule has 3 heterocycles. The maximum atomic E-state index is 12.6. The summed E-state index contributed by atoms with van der Waals surface area (Å²) < 4.78 is 12.8. The first kappa shape index (κ1) is 19.6. The molecule has 1 atom stereocenters. The molecular formula is C20H25N5O3. The molecule has 0 spiro atoms. The lowest BCUT2D eigenvalue weighted by atomic mass is 9.86. The highest BCUT2D eigenvalue weighted by Crippen LogP contribution is 2.21. The van der Waals surface area contributed by atoms with Crippen LogP contribution in [0.4, 0.5) is 0 Å². The molecule has 0 aliphatic heterocycles. The molecule has 0 saturated carbocycles. The van der Waals surface area contributed by atoms with Crippen LogP contribution < -0.4 is 10.1 Å². The van der Waals surface area contributed by atoms with Crippen molar-refractivity contribution < 1.29 is 14.1 Å². The second-order valence-electron chi connectivity index (χ2n) is 7.75. The van der Waals surface area contributed by atoms with E-state index in [0.29, 0.717) is 18.1 Å². The number of nitrogens with one attached hydrogen (secondary N) is 1. The number of hydrogen-bond acceptors (Lipinski definition) is 6. The average molecular weight is 383 g/mol. The number of imidazole rings is 1. The zero-order valence-electron chi connectivity index (χ0n) is 16.5. The van der Waals surface area contributed by atoms with Crippen LogP contribution in [0.25, 0.3) is 0 Å². The van der Waals surface area contributed by atoms with E-state index in [1.165, 1.54) is 0 Å². The van der Waals surface area contributed by atoms with Crippen molar-refractivity contribution in [1.82, 2.24) is 25.0 Å². The van der Waals surface area contributed by atoms with Gasteiger partial charge >= 0.3 is 0 Å². The van der Waals surface area contributed by atoms with Crippen LogP contribution in [0.5, 0.6) is 5.75 Å². The lowest BCUT2D eigenvalue weighted by Gasteiger charge is -2.31. The third-order valence-corrected chi connectivity index (χ3v) is 4.36. The fourth-order valence-electron chi connectivity index (χ4n) is 2.56. The standard InChI is InChI=1S/C20H25N5O3/c1-14-5-6-15(10-22-14)27-12-16-9-17(24-28-16)19(26)23-18(20(2,3)4)11-25-8-7-21-13-25/h5-10,13,18H,11-12H2,1-4H3,(H,23,26)/t18-/m1/s1. The summed E-state index contributed by atoms with van der Waals surface area (Å²) in [5.41, 5.74) is 0.990. The van der Waals surface area contributed by atoms with Crippen molar-refractivity contribution >= 4 is 5.91 Å². The van der Waals surface area contributed by atoms with Gasteiger partial charge in [0.25, 0.3) is 5.91 Å². The van der Waals surface area contributed by atoms with E-state index >= 15 is 0 Å². The van der Waals surface area contributed by atoms with Gasteiger partial charge in [-0.2, -0.15) is 0 Å². The molecule has 1 N–H and O–H groups in total. The Balaban J connectivity index is 1.61. The van der Waals surface area contributed by atoms with Crippen LogP contribution in [-0.2, 0) is 13.2 Å². The number of pyridine rings is 1. The molecule has 0 unspecified atom stereocenters. The van der Waals surface area contributed by atoms with E-state index in [0.717, 1.165) is 5.69 Å². The molecule has 1 amide bonds. The first-order valence-electron chi connectivity index (χ1n) is 9.09. The Labute approximate surface area is 163 Å². The summed E-state index contributed by atoms with van der Waals surface area (Å²) in [4.78, 5) is 20.9. The molecular weight excluding hydrogens is 358 g/mol. The van der Waals surface area contributed by atoms with Gasteiger partial charge < -0.3 is 19.1 Å². The van der Waals surface area contributed by atoms with Crippen LogP contribution in [-0.4, -0.2) is 31.6 Å². The van der Waals surface area contributed by atoms with Crippen molar-refractivity contribution in [3.8, 4) is 5.75 Å². The highest BCUT2D eigenvalue weighted by Gasteiger charge is 2.28. The normalized spacial score (nSPS) is 12.6. The van der Waals surface area contributed by atoms with Crippen molar-refractivity contribution in [2.45, 2.75) is 46.9 Å². The minimum absolute atomic E-state index is 0.107. The number of ether oxygens (including phenoxy) is 1. The average Bonchev–Trinajstić information content (AvgIpc) is 3.31. The molecule has 3 aromatic rings. The Morgan fingerprint density at radius 2 is 2.18 bits per heavy atom. The lowest BCUT2D eigenvalue weighted by Crippen LogP contribution is -2.46. The largest absolute Gasteiger partial charge is 0.484 e. The molecule has 0 fully saturated rings. The SMILES string of the molecule is Cc1ccc(OCc2cc(C(=O)N[C@H](Cn3ccnc3)C(C)(C)C)no2)cn1. The smallest absolute Gasteiger partial charge is 0.273 e. The summed E-state index contributed by atoms with van der Waals surface area (Å²) in [5.74, 6) is 0.806. The first-order chi connectivity index (χ1) is 13.3. The molecule has 0 aliphatic carbocycles. The minimum Gasteiger partial charge on any atom is -0.484 e. The van der Waals surface area contributed by atoms with E-state index in [4.69, 9.17) is 9.26 Å². The maximum absolute atomic E-state index is 12.6. The molecule has 3 rings (SSSR count). The van der Waals surface area contributed by atoms with Crippen LogP contribution in [0.3, 0.4) is 0 Å². The van der Waals surface area contributed by atoms with E-state index in [1.807, 2.05) is 29.8 Å². The molecule has 28 heavy (non-hydrogen) atoms. The predicted octanol–water partition coefficient (Wildman–Crippen LogP) is 3.00. The van der Waals surface area contributed by atoms with Crippen molar-refractivity contribution in [1.29, 1.82) is 0 Å². The van der Waals surface area contributed by atoms with E-state index in [1.54, 1.807) is 24.8 Å². The number of amides is 1. The number of nitrogens with zero attached hydrogens (tertiary/aromatic N) is 4. The lowest BCUT2D eigenvalue weighted by molar-refractivity contribution is 0.0883. The number of aryl methyl sites for hydroxylation is 1. The molecule has 0 saturated heterocycles. The van der Waals surface area contributed by atoms with Gasteiger partial charge in [0.15, 0.2) is 11.5 Å². The number of rotatable bonds is 7. The predicted molar refractivity (Wildman–Crippen MR) is 103 cm³/mol. The van der Waals surface area contributed by atoms with Crippen LogP contribution in [0.2, 0.25) is 0 Å². The number of carbonyl (C=O) groups excluding carboxylic acids is 1. The maximum Gasteiger partial charge on any atom is 0.273 e.